The highest BCUT2D eigenvalue weighted by molar-refractivity contribution is 4.82. The maximum absolute atomic E-state index is 4.19. The van der Waals surface area contributed by atoms with Crippen molar-refractivity contribution in [2.24, 2.45) is 0 Å². The highest BCUT2D eigenvalue weighted by atomic mass is 15.3. The topological polar surface area (TPSA) is 29.9 Å². The Hall–Kier alpha value is -0.830. The SMILES string of the molecule is c1cnn(C2CCCCN2)c1. The van der Waals surface area contributed by atoms with E-state index in [9.17, 15) is 0 Å². The van der Waals surface area contributed by atoms with Crippen LogP contribution in [0.25, 0.3) is 0 Å². The van der Waals surface area contributed by atoms with Gasteiger partial charge >= 0.3 is 0 Å². The van der Waals surface area contributed by atoms with Crippen molar-refractivity contribution in [3.63, 3.8) is 0 Å². The van der Waals surface area contributed by atoms with E-state index in [4.69, 9.17) is 0 Å². The van der Waals surface area contributed by atoms with Crippen LogP contribution in [0.1, 0.15) is 25.4 Å². The Morgan fingerprint density at radius 2 is 2.45 bits per heavy atom. The van der Waals surface area contributed by atoms with Crippen molar-refractivity contribution in [3.05, 3.63) is 18.5 Å². The Bertz CT molecular complexity index is 199. The molecule has 0 bridgehead atoms. The minimum Gasteiger partial charge on any atom is -0.296 e. The standard InChI is InChI=1S/C8H13N3/c1-2-5-9-8(4-1)11-7-3-6-10-11/h3,6-9H,1-2,4-5H2. The Kier molecular flexibility index (Phi) is 1.90. The molecule has 0 spiro atoms. The minimum absolute atomic E-state index is 0.443. The van der Waals surface area contributed by atoms with Crippen molar-refractivity contribution in [1.82, 2.24) is 15.1 Å². The molecule has 0 amide bonds. The van der Waals surface area contributed by atoms with Crippen LogP contribution in [0.2, 0.25) is 0 Å². The molecule has 1 N–H and O–H groups in total. The van der Waals surface area contributed by atoms with Crippen LogP contribution in [-0.2, 0) is 0 Å². The summed E-state index contributed by atoms with van der Waals surface area (Å²) in [6.45, 7) is 1.13. The molecule has 3 heteroatoms. The molecule has 60 valence electrons. The summed E-state index contributed by atoms with van der Waals surface area (Å²) >= 11 is 0. The van der Waals surface area contributed by atoms with Crippen LogP contribution in [-0.4, -0.2) is 16.3 Å². The Balaban J connectivity index is 2.04. The maximum Gasteiger partial charge on any atom is 0.101 e. The molecule has 1 aromatic rings. The van der Waals surface area contributed by atoms with E-state index in [0.29, 0.717) is 6.17 Å². The molecule has 1 aromatic heterocycles. The summed E-state index contributed by atoms with van der Waals surface area (Å²) in [6.07, 6.45) is 8.12. The number of piperidine rings is 1. The zero-order valence-electron chi connectivity index (χ0n) is 6.53. The lowest BCUT2D eigenvalue weighted by molar-refractivity contribution is 0.298. The molecule has 2 rings (SSSR count). The average molecular weight is 151 g/mol. The molecule has 0 radical (unpaired) electrons. The summed E-state index contributed by atoms with van der Waals surface area (Å²) in [5.74, 6) is 0. The van der Waals surface area contributed by atoms with E-state index in [1.807, 2.05) is 23.1 Å². The summed E-state index contributed by atoms with van der Waals surface area (Å²) in [5.41, 5.74) is 0. The van der Waals surface area contributed by atoms with Gasteiger partial charge in [0, 0.05) is 12.4 Å². The van der Waals surface area contributed by atoms with Gasteiger partial charge in [0.05, 0.1) is 0 Å². The van der Waals surface area contributed by atoms with Gasteiger partial charge in [-0.25, -0.2) is 0 Å². The summed E-state index contributed by atoms with van der Waals surface area (Å²) in [7, 11) is 0. The van der Waals surface area contributed by atoms with Gasteiger partial charge in [-0.3, -0.25) is 10.00 Å². The van der Waals surface area contributed by atoms with Gasteiger partial charge < -0.3 is 0 Å². The predicted octanol–water partition coefficient (Wildman–Crippen LogP) is 1.16. The normalized spacial score (nSPS) is 25.3. The van der Waals surface area contributed by atoms with Crippen LogP contribution < -0.4 is 5.32 Å². The van der Waals surface area contributed by atoms with Crippen LogP contribution in [0.3, 0.4) is 0 Å². The van der Waals surface area contributed by atoms with Gasteiger partial charge in [0.1, 0.15) is 6.17 Å². The molecular formula is C8H13N3. The third kappa shape index (κ3) is 1.43. The molecule has 0 aromatic carbocycles. The number of rotatable bonds is 1. The first-order valence-electron chi connectivity index (χ1n) is 4.19. The summed E-state index contributed by atoms with van der Waals surface area (Å²) in [5, 5.41) is 7.62. The fourth-order valence-electron chi connectivity index (χ4n) is 1.52. The first kappa shape index (κ1) is 6.85. The Morgan fingerprint density at radius 3 is 3.09 bits per heavy atom. The quantitative estimate of drug-likeness (QED) is 0.652. The van der Waals surface area contributed by atoms with Gasteiger partial charge in [-0.15, -0.1) is 0 Å². The minimum atomic E-state index is 0.443. The smallest absolute Gasteiger partial charge is 0.101 e. The van der Waals surface area contributed by atoms with Gasteiger partial charge in [-0.2, -0.15) is 5.10 Å². The Labute approximate surface area is 66.4 Å². The Morgan fingerprint density at radius 1 is 1.45 bits per heavy atom. The molecule has 1 aliphatic heterocycles. The van der Waals surface area contributed by atoms with E-state index in [2.05, 4.69) is 10.4 Å². The number of hydrogen-bond donors (Lipinski definition) is 1. The third-order valence-electron chi connectivity index (χ3n) is 2.13. The third-order valence-corrected chi connectivity index (χ3v) is 2.13. The second kappa shape index (κ2) is 3.05. The summed E-state index contributed by atoms with van der Waals surface area (Å²) in [6, 6.07) is 1.97. The molecule has 0 saturated carbocycles. The molecule has 11 heavy (non-hydrogen) atoms. The van der Waals surface area contributed by atoms with Crippen molar-refractivity contribution in [3.8, 4) is 0 Å². The maximum atomic E-state index is 4.19. The fraction of sp³-hybridized carbons (Fsp3) is 0.625. The molecule has 3 nitrogen and oxygen atoms in total. The van der Waals surface area contributed by atoms with Gasteiger partial charge in [0.25, 0.3) is 0 Å². The van der Waals surface area contributed by atoms with Crippen LogP contribution >= 0.6 is 0 Å². The lowest BCUT2D eigenvalue weighted by atomic mass is 10.1. The lowest BCUT2D eigenvalue weighted by Gasteiger charge is -2.23. The van der Waals surface area contributed by atoms with E-state index in [-0.39, 0.29) is 0 Å². The summed E-state index contributed by atoms with van der Waals surface area (Å²) in [4.78, 5) is 0. The van der Waals surface area contributed by atoms with E-state index < -0.39 is 0 Å². The molecule has 1 aliphatic rings. The van der Waals surface area contributed by atoms with Gasteiger partial charge in [0.15, 0.2) is 0 Å². The zero-order valence-corrected chi connectivity index (χ0v) is 6.53. The van der Waals surface area contributed by atoms with Crippen molar-refractivity contribution >= 4 is 0 Å². The first-order chi connectivity index (χ1) is 5.47. The van der Waals surface area contributed by atoms with Crippen LogP contribution in [0.5, 0.6) is 0 Å². The van der Waals surface area contributed by atoms with E-state index in [1.165, 1.54) is 19.3 Å². The van der Waals surface area contributed by atoms with Crippen LogP contribution in [0.4, 0.5) is 0 Å². The van der Waals surface area contributed by atoms with E-state index >= 15 is 0 Å². The van der Waals surface area contributed by atoms with Crippen molar-refractivity contribution in [2.45, 2.75) is 25.4 Å². The fourth-order valence-corrected chi connectivity index (χ4v) is 1.52. The predicted molar refractivity (Wildman–Crippen MR) is 43.1 cm³/mol. The highest BCUT2D eigenvalue weighted by Crippen LogP contribution is 2.14. The van der Waals surface area contributed by atoms with Crippen molar-refractivity contribution < 1.29 is 0 Å². The van der Waals surface area contributed by atoms with Crippen molar-refractivity contribution in [1.29, 1.82) is 0 Å². The lowest BCUT2D eigenvalue weighted by Crippen LogP contribution is -2.31. The van der Waals surface area contributed by atoms with E-state index in [1.54, 1.807) is 0 Å². The molecule has 1 fully saturated rings. The first-order valence-corrected chi connectivity index (χ1v) is 4.19. The molecular weight excluding hydrogens is 138 g/mol. The molecule has 1 saturated heterocycles. The van der Waals surface area contributed by atoms with Crippen LogP contribution in [0, 0.1) is 0 Å². The largest absolute Gasteiger partial charge is 0.296 e. The van der Waals surface area contributed by atoms with Crippen molar-refractivity contribution in [2.75, 3.05) is 6.54 Å². The number of aromatic nitrogens is 2. The van der Waals surface area contributed by atoms with Gasteiger partial charge in [0.2, 0.25) is 0 Å². The van der Waals surface area contributed by atoms with E-state index in [0.717, 1.165) is 6.54 Å². The number of hydrogen-bond acceptors (Lipinski definition) is 2. The van der Waals surface area contributed by atoms with Gasteiger partial charge in [-0.1, -0.05) is 0 Å². The molecule has 2 heterocycles. The monoisotopic (exact) mass is 151 g/mol. The highest BCUT2D eigenvalue weighted by Gasteiger charge is 2.12. The molecule has 1 atom stereocenters. The molecule has 1 unspecified atom stereocenters. The molecule has 0 aliphatic carbocycles. The number of nitrogens with one attached hydrogen (secondary N) is 1. The number of nitrogens with zero attached hydrogens (tertiary/aromatic N) is 2. The second-order valence-electron chi connectivity index (χ2n) is 2.95. The van der Waals surface area contributed by atoms with Gasteiger partial charge in [-0.05, 0) is 31.9 Å². The second-order valence-corrected chi connectivity index (χ2v) is 2.95. The average Bonchev–Trinajstić information content (AvgIpc) is 2.58. The zero-order chi connectivity index (χ0) is 7.52. The van der Waals surface area contributed by atoms with Crippen LogP contribution in [0.15, 0.2) is 18.5 Å². The summed E-state index contributed by atoms with van der Waals surface area (Å²) < 4.78 is 2.00.